The Morgan fingerprint density at radius 1 is 1.29 bits per heavy atom. The lowest BCUT2D eigenvalue weighted by Crippen LogP contribution is -2.54. The lowest BCUT2D eigenvalue weighted by atomic mass is 9.88. The number of aromatic nitrogens is 6. The van der Waals surface area contributed by atoms with E-state index in [4.69, 9.17) is 11.6 Å². The Kier molecular flexibility index (Phi) is 5.56. The minimum atomic E-state index is -1.31. The molecular weight excluding hydrogens is 474 g/mol. The molecule has 1 aliphatic rings. The van der Waals surface area contributed by atoms with E-state index in [9.17, 15) is 19.5 Å². The number of piperidine rings is 1. The second-order valence-corrected chi connectivity index (χ2v) is 9.79. The van der Waals surface area contributed by atoms with E-state index in [1.807, 2.05) is 6.07 Å². The van der Waals surface area contributed by atoms with Gasteiger partial charge in [-0.3, -0.25) is 18.7 Å². The Morgan fingerprint density at radius 2 is 2.06 bits per heavy atom. The van der Waals surface area contributed by atoms with E-state index in [2.05, 4.69) is 15.0 Å². The highest BCUT2D eigenvalue weighted by atomic mass is 35.5. The molecule has 0 unspecified atom stereocenters. The summed E-state index contributed by atoms with van der Waals surface area (Å²) in [6, 6.07) is 4.90. The summed E-state index contributed by atoms with van der Waals surface area (Å²) in [6.07, 6.45) is 2.59. The van der Waals surface area contributed by atoms with Gasteiger partial charge in [0.1, 0.15) is 11.4 Å². The minimum Gasteiger partial charge on any atom is -0.386 e. The first-order valence-electron chi connectivity index (χ1n) is 11.3. The van der Waals surface area contributed by atoms with E-state index in [-0.39, 0.29) is 30.0 Å². The fourth-order valence-corrected chi connectivity index (χ4v) is 5.12. The molecule has 2 N–H and O–H groups in total. The third-order valence-electron chi connectivity index (χ3n) is 6.83. The Balaban J connectivity index is 1.33. The van der Waals surface area contributed by atoms with Crippen LogP contribution in [0, 0.1) is 0 Å². The number of rotatable bonds is 4. The first-order chi connectivity index (χ1) is 16.6. The number of amides is 1. The zero-order valence-electron chi connectivity index (χ0n) is 19.7. The van der Waals surface area contributed by atoms with Crippen LogP contribution in [0.3, 0.4) is 0 Å². The summed E-state index contributed by atoms with van der Waals surface area (Å²) in [7, 11) is 2.97. The van der Waals surface area contributed by atoms with Crippen LogP contribution >= 0.6 is 11.6 Å². The van der Waals surface area contributed by atoms with Crippen LogP contribution in [0.1, 0.15) is 31.6 Å². The number of halogens is 1. The number of carbonyl (C=O) groups is 1. The largest absolute Gasteiger partial charge is 0.386 e. The van der Waals surface area contributed by atoms with Crippen LogP contribution in [0.25, 0.3) is 22.2 Å². The van der Waals surface area contributed by atoms with Crippen molar-refractivity contribution in [3.63, 3.8) is 0 Å². The van der Waals surface area contributed by atoms with Gasteiger partial charge in [-0.05, 0) is 31.5 Å². The van der Waals surface area contributed by atoms with Crippen molar-refractivity contribution < 1.29 is 9.90 Å². The molecular formula is C23H26ClN7O4. The summed E-state index contributed by atoms with van der Waals surface area (Å²) in [6.45, 7) is 2.18. The number of aryl methyl sites for hydroxylation is 2. The van der Waals surface area contributed by atoms with Crippen LogP contribution in [0.2, 0.25) is 5.02 Å². The van der Waals surface area contributed by atoms with Gasteiger partial charge in [0.05, 0.1) is 29.9 Å². The van der Waals surface area contributed by atoms with Crippen molar-refractivity contribution in [2.45, 2.75) is 37.8 Å². The van der Waals surface area contributed by atoms with Crippen LogP contribution in [0.15, 0.2) is 34.1 Å². The van der Waals surface area contributed by atoms with Crippen LogP contribution in [0.4, 0.5) is 0 Å². The molecule has 0 aliphatic carbocycles. The second-order valence-electron chi connectivity index (χ2n) is 9.35. The van der Waals surface area contributed by atoms with E-state index in [1.165, 1.54) is 17.9 Å². The predicted octanol–water partition coefficient (Wildman–Crippen LogP) is 1.12. The fourth-order valence-electron chi connectivity index (χ4n) is 4.95. The summed E-state index contributed by atoms with van der Waals surface area (Å²) in [5.74, 6) is 0.611. The molecule has 11 nitrogen and oxygen atoms in total. The van der Waals surface area contributed by atoms with Crippen LogP contribution in [-0.4, -0.2) is 63.3 Å². The van der Waals surface area contributed by atoms with Crippen molar-refractivity contribution >= 4 is 39.7 Å². The smallest absolute Gasteiger partial charge is 0.332 e. The molecule has 0 spiro atoms. The Labute approximate surface area is 204 Å². The number of benzene rings is 1. The van der Waals surface area contributed by atoms with Gasteiger partial charge in [-0.2, -0.15) is 0 Å². The number of imidazole rings is 2. The van der Waals surface area contributed by atoms with E-state index < -0.39 is 22.9 Å². The summed E-state index contributed by atoms with van der Waals surface area (Å²) >= 11 is 6.02. The molecule has 2 atom stereocenters. The quantitative estimate of drug-likeness (QED) is 0.432. The maximum atomic E-state index is 13.0. The first-order valence-corrected chi connectivity index (χ1v) is 11.7. The number of hydrogen-bond donors (Lipinski definition) is 2. The molecule has 1 aliphatic heterocycles. The first kappa shape index (κ1) is 23.3. The number of nitrogens with one attached hydrogen (secondary N) is 1. The second kappa shape index (κ2) is 8.35. The molecule has 35 heavy (non-hydrogen) atoms. The van der Waals surface area contributed by atoms with Gasteiger partial charge in [0.2, 0.25) is 5.91 Å². The zero-order valence-corrected chi connectivity index (χ0v) is 20.4. The molecule has 4 heterocycles. The number of aromatic amines is 1. The normalized spacial score (nSPS) is 20.7. The lowest BCUT2D eigenvalue weighted by Gasteiger charge is -2.43. The average molecular weight is 500 g/mol. The third kappa shape index (κ3) is 3.94. The third-order valence-corrected chi connectivity index (χ3v) is 7.07. The summed E-state index contributed by atoms with van der Waals surface area (Å²) in [4.78, 5) is 51.6. The molecule has 0 saturated carbocycles. The van der Waals surface area contributed by atoms with Gasteiger partial charge in [-0.1, -0.05) is 11.6 Å². The van der Waals surface area contributed by atoms with Crippen molar-refractivity contribution in [1.29, 1.82) is 0 Å². The highest BCUT2D eigenvalue weighted by Crippen LogP contribution is 2.33. The fraction of sp³-hybridized carbons (Fsp3) is 0.435. The lowest BCUT2D eigenvalue weighted by molar-refractivity contribution is -0.140. The number of H-pyrrole nitrogens is 1. The van der Waals surface area contributed by atoms with Gasteiger partial charge in [0.25, 0.3) is 5.56 Å². The predicted molar refractivity (Wildman–Crippen MR) is 130 cm³/mol. The van der Waals surface area contributed by atoms with E-state index in [0.29, 0.717) is 30.2 Å². The molecule has 1 amide bonds. The van der Waals surface area contributed by atoms with Gasteiger partial charge in [-0.15, -0.1) is 0 Å². The van der Waals surface area contributed by atoms with Gasteiger partial charge < -0.3 is 19.6 Å². The highest BCUT2D eigenvalue weighted by molar-refractivity contribution is 6.31. The Morgan fingerprint density at radius 3 is 2.80 bits per heavy atom. The van der Waals surface area contributed by atoms with Gasteiger partial charge in [0.15, 0.2) is 11.2 Å². The number of nitrogens with zero attached hydrogens (tertiary/aromatic N) is 6. The van der Waals surface area contributed by atoms with Crippen molar-refractivity contribution in [3.05, 3.63) is 56.2 Å². The average Bonchev–Trinajstić information content (AvgIpc) is 3.43. The maximum absolute atomic E-state index is 13.0. The number of carbonyl (C=O) groups excluding carboxylic acids is 1. The summed E-state index contributed by atoms with van der Waals surface area (Å²) in [5.41, 5.74) is -0.118. The summed E-state index contributed by atoms with van der Waals surface area (Å²) < 4.78 is 3.98. The van der Waals surface area contributed by atoms with Crippen LogP contribution in [0.5, 0.6) is 0 Å². The molecule has 0 radical (unpaired) electrons. The molecule has 12 heteroatoms. The zero-order chi connectivity index (χ0) is 25.1. The molecule has 0 bridgehead atoms. The number of aliphatic hydroxyl groups is 1. The maximum Gasteiger partial charge on any atom is 0.332 e. The van der Waals surface area contributed by atoms with Crippen molar-refractivity contribution in [2.75, 3.05) is 13.1 Å². The topological polar surface area (TPSA) is 131 Å². The van der Waals surface area contributed by atoms with Crippen molar-refractivity contribution in [1.82, 2.24) is 33.6 Å². The number of fused-ring (bicyclic) bond motifs is 2. The van der Waals surface area contributed by atoms with Gasteiger partial charge in [0, 0.05) is 38.5 Å². The molecule has 184 valence electrons. The van der Waals surface area contributed by atoms with Gasteiger partial charge in [-0.25, -0.2) is 14.8 Å². The molecule has 4 aromatic rings. The van der Waals surface area contributed by atoms with E-state index >= 15 is 0 Å². The minimum absolute atomic E-state index is 0.0870. The van der Waals surface area contributed by atoms with Crippen LogP contribution in [-0.2, 0) is 25.3 Å². The van der Waals surface area contributed by atoms with Crippen LogP contribution < -0.4 is 11.2 Å². The SMILES string of the molecule is Cn1c(=O)c2c(ncn2[C@@H]2CCN(C(=O)CCc3nc4ccc(Cl)cc4[nH]3)C[C@@]2(C)O)n(C)c1=O. The number of likely N-dealkylation sites (tertiary alicyclic amines) is 1. The van der Waals surface area contributed by atoms with E-state index in [0.717, 1.165) is 15.6 Å². The van der Waals surface area contributed by atoms with Gasteiger partial charge >= 0.3 is 5.69 Å². The number of hydrogen-bond acceptors (Lipinski definition) is 6. The standard InChI is InChI=1S/C23H26ClN7O4/c1-23(35)11-30(18(32)7-6-17-26-14-5-4-13(24)10-15(14)27-17)9-8-16(23)31-12-25-20-19(31)21(33)29(3)22(34)28(20)2/h4-5,10,12,16,35H,6-9,11H2,1-3H3,(H,26,27)/t16-,23-/m1/s1. The molecule has 1 aromatic carbocycles. The summed E-state index contributed by atoms with van der Waals surface area (Å²) in [5, 5.41) is 11.9. The molecule has 1 fully saturated rings. The Hall–Kier alpha value is -3.44. The highest BCUT2D eigenvalue weighted by Gasteiger charge is 2.41. The number of β-amino-alcohol motifs (C(OH)–C–C–N with tert-alkyl or cyclic N) is 1. The Bertz CT molecular complexity index is 1580. The molecule has 3 aromatic heterocycles. The molecule has 5 rings (SSSR count). The monoisotopic (exact) mass is 499 g/mol. The van der Waals surface area contributed by atoms with Crippen molar-refractivity contribution in [2.24, 2.45) is 14.1 Å². The molecule has 1 saturated heterocycles. The van der Waals surface area contributed by atoms with Crippen molar-refractivity contribution in [3.8, 4) is 0 Å². The van der Waals surface area contributed by atoms with E-state index in [1.54, 1.807) is 35.6 Å².